The maximum absolute atomic E-state index is 12.1. The van der Waals surface area contributed by atoms with Gasteiger partial charge in [0.2, 0.25) is 0 Å². The Balaban J connectivity index is 2.26. The molecule has 6 atom stereocenters. The van der Waals surface area contributed by atoms with Gasteiger partial charge in [0.05, 0.1) is 12.2 Å². The molecule has 1 heterocycles. The molecule has 0 spiro atoms. The third kappa shape index (κ3) is 2.78. The Morgan fingerprint density at radius 1 is 1.29 bits per heavy atom. The van der Waals surface area contributed by atoms with E-state index in [0.29, 0.717) is 12.2 Å². The van der Waals surface area contributed by atoms with Crippen molar-refractivity contribution < 1.29 is 19.0 Å². The third-order valence-corrected chi connectivity index (χ3v) is 5.74. The standard InChI is InChI=1S/C17H30O4/c1-8-12(18)10(2)11(3)17(6)9-13(19-7)14-15(17)21-16(4,5)20-14/h10-11,13-15H,8-9H2,1-7H3/t10?,11?,13-,14?,15?,17+/m1/s1. The first kappa shape index (κ1) is 16.9. The van der Waals surface area contributed by atoms with E-state index in [4.69, 9.17) is 14.2 Å². The van der Waals surface area contributed by atoms with E-state index in [9.17, 15) is 4.79 Å². The molecule has 2 rings (SSSR count). The van der Waals surface area contributed by atoms with Crippen LogP contribution in [0, 0.1) is 17.3 Å². The van der Waals surface area contributed by atoms with Crippen LogP contribution >= 0.6 is 0 Å². The van der Waals surface area contributed by atoms with Crippen molar-refractivity contribution in [3.05, 3.63) is 0 Å². The topological polar surface area (TPSA) is 44.8 Å². The number of hydrogen-bond acceptors (Lipinski definition) is 4. The van der Waals surface area contributed by atoms with Gasteiger partial charge in [-0.05, 0) is 26.2 Å². The highest BCUT2D eigenvalue weighted by atomic mass is 16.8. The summed E-state index contributed by atoms with van der Waals surface area (Å²) in [6.45, 7) is 12.3. The highest BCUT2D eigenvalue weighted by molar-refractivity contribution is 5.80. The number of ether oxygens (including phenoxy) is 3. The lowest BCUT2D eigenvalue weighted by Gasteiger charge is -2.39. The number of Topliss-reactive ketones (excluding diaryl/α,β-unsaturated/α-hetero) is 1. The molecule has 1 aliphatic carbocycles. The van der Waals surface area contributed by atoms with Crippen molar-refractivity contribution in [2.75, 3.05) is 7.11 Å². The van der Waals surface area contributed by atoms with Crippen LogP contribution in [0.4, 0.5) is 0 Å². The van der Waals surface area contributed by atoms with Gasteiger partial charge in [0.1, 0.15) is 11.9 Å². The van der Waals surface area contributed by atoms with Gasteiger partial charge in [-0.1, -0.05) is 27.7 Å². The molecule has 0 aromatic heterocycles. The number of rotatable bonds is 5. The van der Waals surface area contributed by atoms with Crippen molar-refractivity contribution in [2.45, 2.75) is 78.5 Å². The van der Waals surface area contributed by atoms with Gasteiger partial charge in [-0.3, -0.25) is 4.79 Å². The van der Waals surface area contributed by atoms with E-state index in [0.717, 1.165) is 6.42 Å². The number of methoxy groups -OCH3 is 1. The normalized spacial score (nSPS) is 40.8. The summed E-state index contributed by atoms with van der Waals surface area (Å²) in [6.07, 6.45) is 1.44. The second-order valence-electron chi connectivity index (χ2n) is 7.40. The van der Waals surface area contributed by atoms with Crippen LogP contribution in [-0.4, -0.2) is 37.0 Å². The minimum absolute atomic E-state index is 0.0143. The maximum atomic E-state index is 12.1. The van der Waals surface area contributed by atoms with Crippen LogP contribution < -0.4 is 0 Å². The Labute approximate surface area is 128 Å². The third-order valence-electron chi connectivity index (χ3n) is 5.74. The summed E-state index contributed by atoms with van der Waals surface area (Å²) in [5.41, 5.74) is -0.108. The van der Waals surface area contributed by atoms with Gasteiger partial charge in [0, 0.05) is 24.9 Å². The molecule has 1 saturated heterocycles. The Hall–Kier alpha value is -0.450. The van der Waals surface area contributed by atoms with Crippen LogP contribution in [0.5, 0.6) is 0 Å². The summed E-state index contributed by atoms with van der Waals surface area (Å²) in [7, 11) is 1.73. The smallest absolute Gasteiger partial charge is 0.163 e. The summed E-state index contributed by atoms with van der Waals surface area (Å²) < 4.78 is 17.9. The van der Waals surface area contributed by atoms with Gasteiger partial charge in [-0.25, -0.2) is 0 Å². The predicted molar refractivity (Wildman–Crippen MR) is 81.0 cm³/mol. The molecule has 21 heavy (non-hydrogen) atoms. The SMILES string of the molecule is CCC(=O)C(C)C(C)[C@]1(C)C[C@@H](OC)C2OC(C)(C)OC21. The van der Waals surface area contributed by atoms with Crippen molar-refractivity contribution in [1.29, 1.82) is 0 Å². The van der Waals surface area contributed by atoms with Gasteiger partial charge >= 0.3 is 0 Å². The molecule has 1 aliphatic heterocycles. The molecule has 0 radical (unpaired) electrons. The highest BCUT2D eigenvalue weighted by Crippen LogP contribution is 2.54. The molecule has 0 aromatic rings. The molecule has 4 heteroatoms. The van der Waals surface area contributed by atoms with Gasteiger partial charge in [-0.15, -0.1) is 0 Å². The Kier molecular flexibility index (Phi) is 4.54. The highest BCUT2D eigenvalue weighted by Gasteiger charge is 2.62. The molecule has 122 valence electrons. The lowest BCUT2D eigenvalue weighted by molar-refractivity contribution is -0.181. The van der Waals surface area contributed by atoms with Crippen LogP contribution in [-0.2, 0) is 19.0 Å². The average Bonchev–Trinajstić information content (AvgIpc) is 2.89. The van der Waals surface area contributed by atoms with E-state index in [2.05, 4.69) is 13.8 Å². The first-order valence-corrected chi connectivity index (χ1v) is 8.07. The Morgan fingerprint density at radius 3 is 2.43 bits per heavy atom. The quantitative estimate of drug-likeness (QED) is 0.782. The van der Waals surface area contributed by atoms with Crippen LogP contribution in [0.1, 0.15) is 54.4 Å². The molecule has 0 amide bonds. The number of hydrogen-bond donors (Lipinski definition) is 0. The van der Waals surface area contributed by atoms with Crippen molar-refractivity contribution >= 4 is 5.78 Å². The molecular formula is C17H30O4. The molecule has 4 nitrogen and oxygen atoms in total. The van der Waals surface area contributed by atoms with Crippen molar-refractivity contribution in [3.8, 4) is 0 Å². The Morgan fingerprint density at radius 2 is 1.90 bits per heavy atom. The van der Waals surface area contributed by atoms with Crippen molar-refractivity contribution in [2.24, 2.45) is 17.3 Å². The average molecular weight is 298 g/mol. The first-order valence-electron chi connectivity index (χ1n) is 8.07. The summed E-state index contributed by atoms with van der Waals surface area (Å²) in [4.78, 5) is 12.1. The maximum Gasteiger partial charge on any atom is 0.163 e. The largest absolute Gasteiger partial charge is 0.379 e. The summed E-state index contributed by atoms with van der Waals surface area (Å²) in [6, 6.07) is 0. The summed E-state index contributed by atoms with van der Waals surface area (Å²) in [5.74, 6) is 0.00361. The number of carbonyl (C=O) groups excluding carboxylic acids is 1. The number of carbonyl (C=O) groups is 1. The molecular weight excluding hydrogens is 268 g/mol. The molecule has 1 saturated carbocycles. The zero-order valence-electron chi connectivity index (χ0n) is 14.4. The first-order chi connectivity index (χ1) is 9.66. The van der Waals surface area contributed by atoms with E-state index >= 15 is 0 Å². The van der Waals surface area contributed by atoms with Gasteiger partial charge in [-0.2, -0.15) is 0 Å². The van der Waals surface area contributed by atoms with Crippen LogP contribution in [0.2, 0.25) is 0 Å². The van der Waals surface area contributed by atoms with Crippen molar-refractivity contribution in [3.63, 3.8) is 0 Å². The van der Waals surface area contributed by atoms with Gasteiger partial charge in [0.25, 0.3) is 0 Å². The minimum atomic E-state index is -0.578. The lowest BCUT2D eigenvalue weighted by Crippen LogP contribution is -2.42. The van der Waals surface area contributed by atoms with Gasteiger partial charge < -0.3 is 14.2 Å². The predicted octanol–water partition coefficient (Wildman–Crippen LogP) is 3.18. The van der Waals surface area contributed by atoms with Crippen molar-refractivity contribution in [1.82, 2.24) is 0 Å². The molecule has 0 N–H and O–H groups in total. The fraction of sp³-hybridized carbons (Fsp3) is 0.941. The molecule has 0 bridgehead atoms. The lowest BCUT2D eigenvalue weighted by atomic mass is 9.68. The molecule has 0 aromatic carbocycles. The zero-order chi connectivity index (χ0) is 16.0. The molecule has 4 unspecified atom stereocenters. The van der Waals surface area contributed by atoms with Crippen LogP contribution in [0.25, 0.3) is 0 Å². The fourth-order valence-corrected chi connectivity index (χ4v) is 4.07. The van der Waals surface area contributed by atoms with E-state index in [-0.39, 0.29) is 35.6 Å². The number of ketones is 1. The van der Waals surface area contributed by atoms with E-state index in [1.807, 2.05) is 27.7 Å². The van der Waals surface area contributed by atoms with Crippen LogP contribution in [0.3, 0.4) is 0 Å². The minimum Gasteiger partial charge on any atom is -0.379 e. The second-order valence-corrected chi connectivity index (χ2v) is 7.40. The van der Waals surface area contributed by atoms with E-state index < -0.39 is 5.79 Å². The summed E-state index contributed by atoms with van der Waals surface area (Å²) in [5, 5.41) is 0. The monoisotopic (exact) mass is 298 g/mol. The molecule has 2 fully saturated rings. The summed E-state index contributed by atoms with van der Waals surface area (Å²) >= 11 is 0. The Bertz CT molecular complexity index is 406. The zero-order valence-corrected chi connectivity index (χ0v) is 14.4. The van der Waals surface area contributed by atoms with E-state index in [1.54, 1.807) is 7.11 Å². The number of fused-ring (bicyclic) bond motifs is 1. The fourth-order valence-electron chi connectivity index (χ4n) is 4.07. The van der Waals surface area contributed by atoms with Crippen LogP contribution in [0.15, 0.2) is 0 Å². The molecule has 2 aliphatic rings. The van der Waals surface area contributed by atoms with Gasteiger partial charge in [0.15, 0.2) is 5.79 Å². The second kappa shape index (κ2) is 5.64. The van der Waals surface area contributed by atoms with E-state index in [1.165, 1.54) is 0 Å².